The maximum Gasteiger partial charge on any atom is 0.254 e. The Morgan fingerprint density at radius 1 is 1.10 bits per heavy atom. The summed E-state index contributed by atoms with van der Waals surface area (Å²) in [6.07, 6.45) is 0.553. The first-order chi connectivity index (χ1) is 14.4. The van der Waals surface area contributed by atoms with Crippen LogP contribution in [0.1, 0.15) is 12.6 Å². The maximum atomic E-state index is 13.3. The van der Waals surface area contributed by atoms with Crippen LogP contribution in [-0.2, 0) is 17.8 Å². The Morgan fingerprint density at radius 3 is 2.47 bits per heavy atom. The highest BCUT2D eigenvalue weighted by atomic mass is 19.1. The Bertz CT molecular complexity index is 1110. The first-order valence-electron chi connectivity index (χ1n) is 9.33. The number of carbonyl (C=O) groups excluding carboxylic acids is 1. The molecule has 0 unspecified atom stereocenters. The molecule has 0 aliphatic rings. The molecule has 3 aromatic rings. The Labute approximate surface area is 173 Å². The largest absolute Gasteiger partial charge is 0.497 e. The first-order valence-corrected chi connectivity index (χ1v) is 9.33. The molecule has 30 heavy (non-hydrogen) atoms. The number of methoxy groups -OCH3 is 2. The Kier molecular flexibility index (Phi) is 6.46. The second-order valence-corrected chi connectivity index (χ2v) is 6.47. The molecule has 1 amide bonds. The molecule has 7 nitrogen and oxygen atoms in total. The molecule has 0 bridgehead atoms. The molecule has 0 atom stereocenters. The Hall–Kier alpha value is -3.68. The SMILES string of the molecule is CCc1cc(=O)n(CC(=O)Nc2cc(OC)ccc2OC)c(-c2ccc(F)cc2)n1. The summed E-state index contributed by atoms with van der Waals surface area (Å²) in [5.41, 5.74) is 1.17. The molecule has 1 aromatic heterocycles. The van der Waals surface area contributed by atoms with E-state index in [1.807, 2.05) is 6.92 Å². The van der Waals surface area contributed by atoms with Crippen LogP contribution < -0.4 is 20.3 Å². The average molecular weight is 411 g/mol. The van der Waals surface area contributed by atoms with Gasteiger partial charge in [0.05, 0.1) is 19.9 Å². The van der Waals surface area contributed by atoms with E-state index in [9.17, 15) is 14.0 Å². The molecule has 0 aliphatic carbocycles. The number of anilines is 1. The van der Waals surface area contributed by atoms with Crippen LogP contribution in [0.5, 0.6) is 11.5 Å². The van der Waals surface area contributed by atoms with Gasteiger partial charge in [-0.3, -0.25) is 14.2 Å². The number of amides is 1. The van der Waals surface area contributed by atoms with Crippen LogP contribution in [0, 0.1) is 5.82 Å². The Balaban J connectivity index is 1.95. The van der Waals surface area contributed by atoms with Gasteiger partial charge >= 0.3 is 0 Å². The predicted octanol–water partition coefficient (Wildman–Crippen LogP) is 3.27. The topological polar surface area (TPSA) is 82.5 Å². The van der Waals surface area contributed by atoms with Crippen LogP contribution in [-0.4, -0.2) is 29.7 Å². The Morgan fingerprint density at radius 2 is 1.83 bits per heavy atom. The van der Waals surface area contributed by atoms with Crippen LogP contribution >= 0.6 is 0 Å². The van der Waals surface area contributed by atoms with Crippen molar-refractivity contribution in [1.82, 2.24) is 9.55 Å². The summed E-state index contributed by atoms with van der Waals surface area (Å²) in [4.78, 5) is 29.9. The van der Waals surface area contributed by atoms with Crippen molar-refractivity contribution in [2.45, 2.75) is 19.9 Å². The fraction of sp³-hybridized carbons (Fsp3) is 0.227. The van der Waals surface area contributed by atoms with Crippen molar-refractivity contribution >= 4 is 11.6 Å². The highest BCUT2D eigenvalue weighted by molar-refractivity contribution is 5.92. The summed E-state index contributed by atoms with van der Waals surface area (Å²) in [5.74, 6) is 0.450. The van der Waals surface area contributed by atoms with Crippen molar-refractivity contribution in [2.75, 3.05) is 19.5 Å². The molecule has 156 valence electrons. The molecule has 0 saturated heterocycles. The molecule has 0 saturated carbocycles. The van der Waals surface area contributed by atoms with Gasteiger partial charge in [0, 0.05) is 23.4 Å². The normalized spacial score (nSPS) is 10.5. The van der Waals surface area contributed by atoms with Gasteiger partial charge in [0.2, 0.25) is 5.91 Å². The number of halogens is 1. The van der Waals surface area contributed by atoms with Gasteiger partial charge in [0.15, 0.2) is 0 Å². The number of nitrogens with one attached hydrogen (secondary N) is 1. The number of carbonyl (C=O) groups is 1. The maximum absolute atomic E-state index is 13.3. The van der Waals surface area contributed by atoms with Crippen LogP contribution in [0.25, 0.3) is 11.4 Å². The molecular weight excluding hydrogens is 389 g/mol. The van der Waals surface area contributed by atoms with Crippen LogP contribution in [0.4, 0.5) is 10.1 Å². The standard InChI is InChI=1S/C22H22FN3O4/c1-4-16-11-21(28)26(22(24-16)14-5-7-15(23)8-6-14)13-20(27)25-18-12-17(29-2)9-10-19(18)30-3/h5-12H,4,13H2,1-3H3,(H,25,27). The van der Waals surface area contributed by atoms with Gasteiger partial charge in [0.1, 0.15) is 29.7 Å². The lowest BCUT2D eigenvalue weighted by molar-refractivity contribution is -0.116. The number of aryl methyl sites for hydroxylation is 1. The average Bonchev–Trinajstić information content (AvgIpc) is 2.75. The molecule has 0 spiro atoms. The lowest BCUT2D eigenvalue weighted by atomic mass is 10.2. The molecule has 8 heteroatoms. The summed E-state index contributed by atoms with van der Waals surface area (Å²) >= 11 is 0. The summed E-state index contributed by atoms with van der Waals surface area (Å²) < 4.78 is 25.0. The minimum Gasteiger partial charge on any atom is -0.497 e. The van der Waals surface area contributed by atoms with E-state index in [0.29, 0.717) is 40.7 Å². The van der Waals surface area contributed by atoms with E-state index < -0.39 is 11.7 Å². The quantitative estimate of drug-likeness (QED) is 0.645. The molecule has 0 radical (unpaired) electrons. The van der Waals surface area contributed by atoms with E-state index in [1.54, 1.807) is 18.2 Å². The second kappa shape index (κ2) is 9.21. The van der Waals surface area contributed by atoms with Gasteiger partial charge in [-0.2, -0.15) is 0 Å². The molecule has 3 rings (SSSR count). The molecule has 2 aromatic carbocycles. The minimum absolute atomic E-state index is 0.275. The van der Waals surface area contributed by atoms with E-state index in [1.165, 1.54) is 49.1 Å². The first kappa shape index (κ1) is 21.0. The van der Waals surface area contributed by atoms with Crippen molar-refractivity contribution in [2.24, 2.45) is 0 Å². The van der Waals surface area contributed by atoms with E-state index in [2.05, 4.69) is 10.3 Å². The number of hydrogen-bond acceptors (Lipinski definition) is 5. The van der Waals surface area contributed by atoms with Crippen LogP contribution in [0.3, 0.4) is 0 Å². The van der Waals surface area contributed by atoms with Gasteiger partial charge in [0.25, 0.3) is 5.56 Å². The van der Waals surface area contributed by atoms with Gasteiger partial charge < -0.3 is 14.8 Å². The number of benzene rings is 2. The van der Waals surface area contributed by atoms with Crippen molar-refractivity contribution in [1.29, 1.82) is 0 Å². The third-order valence-electron chi connectivity index (χ3n) is 4.51. The van der Waals surface area contributed by atoms with E-state index in [0.717, 1.165) is 0 Å². The second-order valence-electron chi connectivity index (χ2n) is 6.47. The van der Waals surface area contributed by atoms with Crippen molar-refractivity contribution in [3.8, 4) is 22.9 Å². The zero-order valence-electron chi connectivity index (χ0n) is 16.9. The van der Waals surface area contributed by atoms with Gasteiger partial charge in [-0.05, 0) is 42.8 Å². The lowest BCUT2D eigenvalue weighted by Crippen LogP contribution is -2.30. The van der Waals surface area contributed by atoms with Crippen molar-refractivity contribution < 1.29 is 18.7 Å². The van der Waals surface area contributed by atoms with Crippen molar-refractivity contribution in [3.63, 3.8) is 0 Å². The monoisotopic (exact) mass is 411 g/mol. The highest BCUT2D eigenvalue weighted by Gasteiger charge is 2.16. The molecule has 0 aliphatic heterocycles. The van der Waals surface area contributed by atoms with Gasteiger partial charge in [-0.25, -0.2) is 9.37 Å². The molecule has 1 N–H and O–H groups in total. The molecule has 1 heterocycles. The molecule has 0 fully saturated rings. The molecular formula is C22H22FN3O4. The third-order valence-corrected chi connectivity index (χ3v) is 4.51. The summed E-state index contributed by atoms with van der Waals surface area (Å²) in [7, 11) is 3.00. The lowest BCUT2D eigenvalue weighted by Gasteiger charge is -2.15. The number of aromatic nitrogens is 2. The highest BCUT2D eigenvalue weighted by Crippen LogP contribution is 2.29. The van der Waals surface area contributed by atoms with Crippen LogP contribution in [0.15, 0.2) is 53.3 Å². The third kappa shape index (κ3) is 4.65. The summed E-state index contributed by atoms with van der Waals surface area (Å²) in [6.45, 7) is 1.60. The fourth-order valence-corrected chi connectivity index (χ4v) is 2.95. The number of hydrogen-bond donors (Lipinski definition) is 1. The zero-order chi connectivity index (χ0) is 21.7. The van der Waals surface area contributed by atoms with E-state index >= 15 is 0 Å². The number of rotatable bonds is 7. The number of ether oxygens (including phenoxy) is 2. The smallest absolute Gasteiger partial charge is 0.254 e. The fourth-order valence-electron chi connectivity index (χ4n) is 2.95. The van der Waals surface area contributed by atoms with Crippen molar-refractivity contribution in [3.05, 3.63) is 70.4 Å². The van der Waals surface area contributed by atoms with Crippen LogP contribution in [0.2, 0.25) is 0 Å². The predicted molar refractivity (Wildman–Crippen MR) is 111 cm³/mol. The summed E-state index contributed by atoms with van der Waals surface area (Å²) in [5, 5.41) is 2.74. The van der Waals surface area contributed by atoms with E-state index in [-0.39, 0.29) is 12.1 Å². The summed E-state index contributed by atoms with van der Waals surface area (Å²) in [6, 6.07) is 12.0. The van der Waals surface area contributed by atoms with Gasteiger partial charge in [-0.15, -0.1) is 0 Å². The minimum atomic E-state index is -0.446. The zero-order valence-corrected chi connectivity index (χ0v) is 16.9. The van der Waals surface area contributed by atoms with E-state index in [4.69, 9.17) is 9.47 Å². The number of nitrogens with zero attached hydrogens (tertiary/aromatic N) is 2. The van der Waals surface area contributed by atoms with Gasteiger partial charge in [-0.1, -0.05) is 6.92 Å².